The molecule has 0 saturated carbocycles. The standard InChI is InChI=1S/C16H20O2S/c1-11(2)8-12-4-6-13(7-5-12)16(17)15-9-14(18-3)10-19-15/h4-7,9-11,16-17H,8H2,1-3H3. The Morgan fingerprint density at radius 1 is 1.21 bits per heavy atom. The van der Waals surface area contributed by atoms with Crippen molar-refractivity contribution < 1.29 is 9.84 Å². The minimum absolute atomic E-state index is 0.568. The molecule has 2 nitrogen and oxygen atoms in total. The van der Waals surface area contributed by atoms with Crippen LogP contribution in [0.15, 0.2) is 35.7 Å². The smallest absolute Gasteiger partial charge is 0.129 e. The van der Waals surface area contributed by atoms with Gasteiger partial charge >= 0.3 is 0 Å². The van der Waals surface area contributed by atoms with E-state index in [4.69, 9.17) is 4.74 Å². The van der Waals surface area contributed by atoms with E-state index in [0.717, 1.165) is 22.6 Å². The summed E-state index contributed by atoms with van der Waals surface area (Å²) in [6.07, 6.45) is 0.505. The van der Waals surface area contributed by atoms with Gasteiger partial charge in [0.15, 0.2) is 0 Å². The zero-order valence-corrected chi connectivity index (χ0v) is 12.4. The van der Waals surface area contributed by atoms with Crippen molar-refractivity contribution in [3.63, 3.8) is 0 Å². The quantitative estimate of drug-likeness (QED) is 0.893. The van der Waals surface area contributed by atoms with Crippen molar-refractivity contribution in [2.75, 3.05) is 7.11 Å². The summed E-state index contributed by atoms with van der Waals surface area (Å²) in [4.78, 5) is 0.911. The van der Waals surface area contributed by atoms with Gasteiger partial charge in [-0.05, 0) is 29.5 Å². The lowest BCUT2D eigenvalue weighted by molar-refractivity contribution is 0.224. The van der Waals surface area contributed by atoms with Crippen molar-refractivity contribution in [2.24, 2.45) is 5.92 Å². The van der Waals surface area contributed by atoms with Crippen LogP contribution in [0.4, 0.5) is 0 Å². The molecule has 0 saturated heterocycles. The number of methoxy groups -OCH3 is 1. The summed E-state index contributed by atoms with van der Waals surface area (Å²) in [7, 11) is 1.64. The molecule has 1 unspecified atom stereocenters. The van der Waals surface area contributed by atoms with Crippen molar-refractivity contribution in [1.29, 1.82) is 0 Å². The number of rotatable bonds is 5. The Hall–Kier alpha value is -1.32. The molecule has 1 aromatic heterocycles. The maximum Gasteiger partial charge on any atom is 0.129 e. The molecule has 1 heterocycles. The Labute approximate surface area is 118 Å². The van der Waals surface area contributed by atoms with Crippen molar-refractivity contribution in [2.45, 2.75) is 26.4 Å². The van der Waals surface area contributed by atoms with Crippen LogP contribution in [-0.4, -0.2) is 12.2 Å². The summed E-state index contributed by atoms with van der Waals surface area (Å²) in [6, 6.07) is 10.1. The van der Waals surface area contributed by atoms with Gasteiger partial charge in [-0.1, -0.05) is 38.1 Å². The van der Waals surface area contributed by atoms with E-state index in [0.29, 0.717) is 5.92 Å². The SMILES string of the molecule is COc1csc(C(O)c2ccc(CC(C)C)cc2)c1. The molecule has 0 aliphatic carbocycles. The summed E-state index contributed by atoms with van der Waals surface area (Å²) in [5, 5.41) is 12.2. The van der Waals surface area contributed by atoms with E-state index in [1.165, 1.54) is 16.9 Å². The number of hydrogen-bond donors (Lipinski definition) is 1. The second kappa shape index (κ2) is 6.22. The molecule has 0 radical (unpaired) electrons. The van der Waals surface area contributed by atoms with Crippen LogP contribution in [0.2, 0.25) is 0 Å². The molecule has 19 heavy (non-hydrogen) atoms. The highest BCUT2D eigenvalue weighted by Crippen LogP contribution is 2.31. The maximum absolute atomic E-state index is 10.3. The summed E-state index contributed by atoms with van der Waals surface area (Å²) in [6.45, 7) is 4.42. The molecule has 0 amide bonds. The second-order valence-corrected chi connectivity index (χ2v) is 6.07. The lowest BCUT2D eigenvalue weighted by Gasteiger charge is -2.10. The average Bonchev–Trinajstić information content (AvgIpc) is 2.87. The topological polar surface area (TPSA) is 29.5 Å². The minimum atomic E-state index is -0.568. The highest BCUT2D eigenvalue weighted by molar-refractivity contribution is 7.10. The largest absolute Gasteiger partial charge is 0.496 e. The Morgan fingerprint density at radius 3 is 2.42 bits per heavy atom. The third kappa shape index (κ3) is 3.58. The van der Waals surface area contributed by atoms with E-state index in [1.54, 1.807) is 7.11 Å². The summed E-state index contributed by atoms with van der Waals surface area (Å²) < 4.78 is 5.14. The van der Waals surface area contributed by atoms with Crippen molar-refractivity contribution >= 4 is 11.3 Å². The molecule has 1 aromatic carbocycles. The molecular weight excluding hydrogens is 256 g/mol. The molecule has 2 aromatic rings. The van der Waals surface area contributed by atoms with Crippen LogP contribution in [0, 0.1) is 5.92 Å². The molecule has 102 valence electrons. The molecule has 3 heteroatoms. The van der Waals surface area contributed by atoms with Gasteiger partial charge in [0, 0.05) is 10.3 Å². The third-order valence-electron chi connectivity index (χ3n) is 3.04. The van der Waals surface area contributed by atoms with Gasteiger partial charge in [-0.25, -0.2) is 0 Å². The number of benzene rings is 1. The molecule has 1 atom stereocenters. The third-order valence-corrected chi connectivity index (χ3v) is 4.00. The Balaban J connectivity index is 2.12. The molecule has 0 spiro atoms. The number of aliphatic hydroxyl groups is 1. The first-order valence-electron chi connectivity index (χ1n) is 6.49. The van der Waals surface area contributed by atoms with Crippen LogP contribution in [-0.2, 0) is 6.42 Å². The van der Waals surface area contributed by atoms with E-state index >= 15 is 0 Å². The number of aliphatic hydroxyl groups excluding tert-OH is 1. The Kier molecular flexibility index (Phi) is 4.61. The van der Waals surface area contributed by atoms with Crippen LogP contribution in [0.3, 0.4) is 0 Å². The fourth-order valence-electron chi connectivity index (χ4n) is 2.06. The average molecular weight is 276 g/mol. The predicted molar refractivity (Wildman–Crippen MR) is 79.9 cm³/mol. The van der Waals surface area contributed by atoms with Gasteiger partial charge in [-0.15, -0.1) is 11.3 Å². The Morgan fingerprint density at radius 2 is 1.89 bits per heavy atom. The van der Waals surface area contributed by atoms with Crippen LogP contribution in [0.1, 0.15) is 36.0 Å². The van der Waals surface area contributed by atoms with E-state index in [1.807, 2.05) is 23.6 Å². The maximum atomic E-state index is 10.3. The van der Waals surface area contributed by atoms with Crippen molar-refractivity contribution in [1.82, 2.24) is 0 Å². The van der Waals surface area contributed by atoms with Gasteiger partial charge in [-0.3, -0.25) is 0 Å². The molecule has 2 rings (SSSR count). The molecule has 0 aliphatic heterocycles. The Bertz CT molecular complexity index is 514. The summed E-state index contributed by atoms with van der Waals surface area (Å²) >= 11 is 1.52. The molecular formula is C16H20O2S. The fraction of sp³-hybridized carbons (Fsp3) is 0.375. The van der Waals surface area contributed by atoms with Crippen LogP contribution in [0.25, 0.3) is 0 Å². The number of thiophene rings is 1. The lowest BCUT2D eigenvalue weighted by atomic mass is 10.00. The monoisotopic (exact) mass is 276 g/mol. The van der Waals surface area contributed by atoms with E-state index < -0.39 is 6.10 Å². The highest BCUT2D eigenvalue weighted by atomic mass is 32.1. The van der Waals surface area contributed by atoms with Crippen molar-refractivity contribution in [3.8, 4) is 5.75 Å². The summed E-state index contributed by atoms with van der Waals surface area (Å²) in [5.74, 6) is 1.45. The first-order valence-corrected chi connectivity index (χ1v) is 7.37. The van der Waals surface area contributed by atoms with E-state index in [9.17, 15) is 5.11 Å². The molecule has 0 aliphatic rings. The zero-order chi connectivity index (χ0) is 13.8. The van der Waals surface area contributed by atoms with Gasteiger partial charge in [0.25, 0.3) is 0 Å². The first-order chi connectivity index (χ1) is 9.10. The van der Waals surface area contributed by atoms with Crippen LogP contribution in [0.5, 0.6) is 5.75 Å². The predicted octanol–water partition coefficient (Wildman–Crippen LogP) is 4.04. The van der Waals surface area contributed by atoms with E-state index in [2.05, 4.69) is 26.0 Å². The number of ether oxygens (including phenoxy) is 1. The normalized spacial score (nSPS) is 12.7. The van der Waals surface area contributed by atoms with Crippen LogP contribution < -0.4 is 4.74 Å². The number of hydrogen-bond acceptors (Lipinski definition) is 3. The van der Waals surface area contributed by atoms with Gasteiger partial charge in [0.1, 0.15) is 11.9 Å². The van der Waals surface area contributed by atoms with Gasteiger partial charge in [-0.2, -0.15) is 0 Å². The first kappa shape index (κ1) is 14.1. The van der Waals surface area contributed by atoms with Gasteiger partial charge in [0.2, 0.25) is 0 Å². The zero-order valence-electron chi connectivity index (χ0n) is 11.6. The second-order valence-electron chi connectivity index (χ2n) is 5.13. The van der Waals surface area contributed by atoms with E-state index in [-0.39, 0.29) is 0 Å². The van der Waals surface area contributed by atoms with Gasteiger partial charge < -0.3 is 9.84 Å². The fourth-order valence-corrected chi connectivity index (χ4v) is 2.92. The summed E-state index contributed by atoms with van der Waals surface area (Å²) in [5.41, 5.74) is 2.24. The lowest BCUT2D eigenvalue weighted by Crippen LogP contribution is -1.99. The molecule has 0 fully saturated rings. The highest BCUT2D eigenvalue weighted by Gasteiger charge is 2.13. The van der Waals surface area contributed by atoms with Gasteiger partial charge in [0.05, 0.1) is 7.11 Å². The van der Waals surface area contributed by atoms with Crippen molar-refractivity contribution in [3.05, 3.63) is 51.7 Å². The van der Waals surface area contributed by atoms with Crippen LogP contribution >= 0.6 is 11.3 Å². The molecule has 0 bridgehead atoms. The minimum Gasteiger partial charge on any atom is -0.496 e. The molecule has 1 N–H and O–H groups in total.